The number of rotatable bonds is 11. The maximum Gasteiger partial charge on any atom is 0.149 e. The number of benzene rings is 7. The minimum atomic E-state index is 0.121. The molecule has 4 nitrogen and oxygen atoms in total. The molecule has 4 heteroatoms. The summed E-state index contributed by atoms with van der Waals surface area (Å²) in [6.45, 7) is 15.4. The molecule has 9 rings (SSSR count). The lowest BCUT2D eigenvalue weighted by atomic mass is 9.91. The summed E-state index contributed by atoms with van der Waals surface area (Å²) in [6.07, 6.45) is 2.83. The second-order valence-corrected chi connectivity index (χ2v) is 18.0. The first-order chi connectivity index (χ1) is 30.5. The lowest BCUT2D eigenvalue weighted by Gasteiger charge is -2.19. The Labute approximate surface area is 372 Å². The fourth-order valence-electron chi connectivity index (χ4n) is 8.87. The number of pyridine rings is 1. The summed E-state index contributed by atoms with van der Waals surface area (Å²) < 4.78 is 2.27. The van der Waals surface area contributed by atoms with Crippen LogP contribution in [0.25, 0.3) is 83.9 Å². The number of aromatic nitrogens is 3. The number of hydrogen-bond acceptors (Lipinski definition) is 3. The summed E-state index contributed by atoms with van der Waals surface area (Å²) in [5, 5.41) is 12.3. The largest absolute Gasteiger partial charge is 0.507 e. The zero-order valence-corrected chi connectivity index (χ0v) is 37.4. The maximum absolute atomic E-state index is 12.3. The predicted molar refractivity (Wildman–Crippen MR) is 265 cm³/mol. The number of imidazole rings is 1. The van der Waals surface area contributed by atoms with E-state index in [0.29, 0.717) is 11.7 Å². The lowest BCUT2D eigenvalue weighted by Crippen LogP contribution is -2.04. The summed E-state index contributed by atoms with van der Waals surface area (Å²) in [5.41, 5.74) is 19.1. The molecule has 0 fully saturated rings. The standard InChI is InChI=1S/C59H55N3O/c1-37(2)29-47-33-50(25-26-51(47)43-17-12-9-13-18-43)62-56-20-14-19-52(57(56)61-59(62)54-35-45(38(3)4)34-53(39(5)6)58(54)63)48-30-46(41-15-10-8-11-16-41)31-49(32-48)55-36-44(27-28-60-55)42-23-21-40(7)22-24-42/h8-28,30-39,63H,29H2,1-7H3. The van der Waals surface area contributed by atoms with Gasteiger partial charge in [0.2, 0.25) is 0 Å². The third kappa shape index (κ3) is 8.34. The number of hydrogen-bond donors (Lipinski definition) is 1. The molecule has 312 valence electrons. The van der Waals surface area contributed by atoms with Crippen LogP contribution in [0.3, 0.4) is 0 Å². The molecule has 0 saturated heterocycles. The third-order valence-electron chi connectivity index (χ3n) is 12.2. The van der Waals surface area contributed by atoms with Crippen LogP contribution in [0.15, 0.2) is 170 Å². The van der Waals surface area contributed by atoms with Crippen molar-refractivity contribution in [3.63, 3.8) is 0 Å². The van der Waals surface area contributed by atoms with E-state index < -0.39 is 0 Å². The highest BCUT2D eigenvalue weighted by Crippen LogP contribution is 2.44. The van der Waals surface area contributed by atoms with Crippen molar-refractivity contribution in [2.75, 3.05) is 0 Å². The van der Waals surface area contributed by atoms with E-state index in [0.717, 1.165) is 78.9 Å². The van der Waals surface area contributed by atoms with Gasteiger partial charge in [-0.3, -0.25) is 9.55 Å². The van der Waals surface area contributed by atoms with Crippen LogP contribution in [0.1, 0.15) is 75.6 Å². The van der Waals surface area contributed by atoms with Crippen molar-refractivity contribution < 1.29 is 5.11 Å². The second kappa shape index (κ2) is 17.4. The Morgan fingerprint density at radius 2 is 1.21 bits per heavy atom. The van der Waals surface area contributed by atoms with Crippen molar-refractivity contribution in [2.24, 2.45) is 5.92 Å². The molecule has 0 aliphatic heterocycles. The van der Waals surface area contributed by atoms with E-state index in [1.165, 1.54) is 27.8 Å². The number of aryl methyl sites for hydroxylation is 1. The Kier molecular flexibility index (Phi) is 11.4. The second-order valence-electron chi connectivity index (χ2n) is 18.0. The molecule has 0 radical (unpaired) electrons. The molecule has 0 atom stereocenters. The van der Waals surface area contributed by atoms with Gasteiger partial charge in [-0.15, -0.1) is 0 Å². The first kappa shape index (κ1) is 41.3. The Bertz CT molecular complexity index is 3070. The minimum Gasteiger partial charge on any atom is -0.507 e. The third-order valence-corrected chi connectivity index (χ3v) is 12.2. The molecule has 2 aromatic heterocycles. The van der Waals surface area contributed by atoms with E-state index in [-0.39, 0.29) is 17.6 Å². The predicted octanol–water partition coefficient (Wildman–Crippen LogP) is 15.9. The average molecular weight is 822 g/mol. The fourth-order valence-corrected chi connectivity index (χ4v) is 8.87. The fraction of sp³-hybridized carbons (Fsp3) is 0.186. The molecular formula is C59H55N3O. The molecule has 0 aliphatic carbocycles. The van der Waals surface area contributed by atoms with Crippen molar-refractivity contribution in [3.8, 4) is 78.6 Å². The van der Waals surface area contributed by atoms with Gasteiger partial charge in [-0.2, -0.15) is 0 Å². The highest BCUT2D eigenvalue weighted by Gasteiger charge is 2.24. The van der Waals surface area contributed by atoms with E-state index in [2.05, 4.69) is 217 Å². The van der Waals surface area contributed by atoms with Gasteiger partial charge >= 0.3 is 0 Å². The normalized spacial score (nSPS) is 11.7. The molecule has 0 saturated carbocycles. The Morgan fingerprint density at radius 1 is 0.524 bits per heavy atom. The zero-order chi connectivity index (χ0) is 43.8. The van der Waals surface area contributed by atoms with Gasteiger partial charge in [0.15, 0.2) is 0 Å². The van der Waals surface area contributed by atoms with E-state index in [9.17, 15) is 5.11 Å². The monoisotopic (exact) mass is 821 g/mol. The Balaban J connectivity index is 1.31. The molecule has 0 bridgehead atoms. The van der Waals surface area contributed by atoms with Crippen molar-refractivity contribution in [1.29, 1.82) is 0 Å². The van der Waals surface area contributed by atoms with Crippen LogP contribution in [0, 0.1) is 12.8 Å². The van der Waals surface area contributed by atoms with Crippen LogP contribution in [0.4, 0.5) is 0 Å². The van der Waals surface area contributed by atoms with Crippen molar-refractivity contribution in [2.45, 2.75) is 66.7 Å². The van der Waals surface area contributed by atoms with E-state index >= 15 is 0 Å². The Hall–Kier alpha value is -7.04. The van der Waals surface area contributed by atoms with Crippen LogP contribution >= 0.6 is 0 Å². The molecule has 0 amide bonds. The van der Waals surface area contributed by atoms with Gasteiger partial charge in [0.05, 0.1) is 22.3 Å². The van der Waals surface area contributed by atoms with E-state index in [4.69, 9.17) is 9.97 Å². The summed E-state index contributed by atoms with van der Waals surface area (Å²) in [7, 11) is 0. The molecule has 9 aromatic rings. The zero-order valence-electron chi connectivity index (χ0n) is 37.4. The Morgan fingerprint density at radius 3 is 1.90 bits per heavy atom. The van der Waals surface area contributed by atoms with E-state index in [1.54, 1.807) is 0 Å². The first-order valence-corrected chi connectivity index (χ1v) is 22.3. The molecule has 63 heavy (non-hydrogen) atoms. The molecule has 0 unspecified atom stereocenters. The molecular weight excluding hydrogens is 767 g/mol. The number of nitrogens with zero attached hydrogens (tertiary/aromatic N) is 3. The summed E-state index contributed by atoms with van der Waals surface area (Å²) in [5.74, 6) is 1.83. The topological polar surface area (TPSA) is 50.9 Å². The van der Waals surface area contributed by atoms with Crippen LogP contribution in [0.2, 0.25) is 0 Å². The van der Waals surface area contributed by atoms with Gasteiger partial charge in [0.25, 0.3) is 0 Å². The van der Waals surface area contributed by atoms with Crippen molar-refractivity contribution in [1.82, 2.24) is 14.5 Å². The van der Waals surface area contributed by atoms with Crippen molar-refractivity contribution in [3.05, 3.63) is 192 Å². The molecule has 7 aromatic carbocycles. The molecule has 0 aliphatic rings. The number of phenolic OH excluding ortho intramolecular Hbond substituents is 1. The lowest BCUT2D eigenvalue weighted by molar-refractivity contribution is 0.466. The number of fused-ring (bicyclic) bond motifs is 1. The van der Waals surface area contributed by atoms with E-state index in [1.807, 2.05) is 6.20 Å². The summed E-state index contributed by atoms with van der Waals surface area (Å²) >= 11 is 0. The maximum atomic E-state index is 12.3. The van der Waals surface area contributed by atoms with Gasteiger partial charge in [-0.05, 0) is 141 Å². The smallest absolute Gasteiger partial charge is 0.149 e. The van der Waals surface area contributed by atoms with Gasteiger partial charge in [0, 0.05) is 23.0 Å². The minimum absolute atomic E-state index is 0.121. The average Bonchev–Trinajstić information content (AvgIpc) is 3.69. The number of aromatic hydroxyl groups is 1. The quantitative estimate of drug-likeness (QED) is 0.141. The summed E-state index contributed by atoms with van der Waals surface area (Å²) in [6, 6.07) is 58.6. The van der Waals surface area contributed by atoms with Crippen LogP contribution in [-0.4, -0.2) is 19.6 Å². The van der Waals surface area contributed by atoms with Gasteiger partial charge in [-0.1, -0.05) is 156 Å². The number of para-hydroxylation sites is 1. The summed E-state index contributed by atoms with van der Waals surface area (Å²) in [4.78, 5) is 10.6. The van der Waals surface area contributed by atoms with Gasteiger partial charge in [-0.25, -0.2) is 4.98 Å². The van der Waals surface area contributed by atoms with Crippen LogP contribution < -0.4 is 0 Å². The molecule has 0 spiro atoms. The van der Waals surface area contributed by atoms with Gasteiger partial charge in [0.1, 0.15) is 11.6 Å². The highest BCUT2D eigenvalue weighted by atomic mass is 16.3. The van der Waals surface area contributed by atoms with Crippen molar-refractivity contribution >= 4 is 11.0 Å². The van der Waals surface area contributed by atoms with Gasteiger partial charge < -0.3 is 5.11 Å². The SMILES string of the molecule is Cc1ccc(-c2ccnc(-c3cc(-c4ccccc4)cc(-c4cccc5c4nc(-c4cc(C(C)C)cc(C(C)C)c4O)n5-c4ccc(-c5ccccc5)c(CC(C)C)c4)c3)c2)cc1. The van der Waals surface area contributed by atoms with Crippen LogP contribution in [0.5, 0.6) is 5.75 Å². The number of phenols is 1. The molecule has 1 N–H and O–H groups in total. The molecule has 2 heterocycles. The first-order valence-electron chi connectivity index (χ1n) is 22.3. The highest BCUT2D eigenvalue weighted by molar-refractivity contribution is 5.98. The van der Waals surface area contributed by atoms with Crippen LogP contribution in [-0.2, 0) is 6.42 Å².